The Hall–Kier alpha value is -1.50. The van der Waals surface area contributed by atoms with Gasteiger partial charge in [0.15, 0.2) is 0 Å². The molecule has 3 heterocycles. The highest BCUT2D eigenvalue weighted by Crippen LogP contribution is 2.24. The van der Waals surface area contributed by atoms with Gasteiger partial charge in [-0.15, -0.1) is 0 Å². The van der Waals surface area contributed by atoms with Crippen molar-refractivity contribution in [3.63, 3.8) is 0 Å². The average Bonchev–Trinajstić information content (AvgIpc) is 2.68. The molecule has 2 aliphatic heterocycles. The smallest absolute Gasteiger partial charge is 0.224 e. The summed E-state index contributed by atoms with van der Waals surface area (Å²) in [5.41, 5.74) is 0.903. The molecule has 1 aromatic heterocycles. The van der Waals surface area contributed by atoms with Gasteiger partial charge >= 0.3 is 0 Å². The number of β-amino-alcohol motifs (C(OH)–C–C–N with tert-alkyl or cyclic N) is 1. The molecule has 1 amide bonds. The Morgan fingerprint density at radius 2 is 2.08 bits per heavy atom. The van der Waals surface area contributed by atoms with Crippen LogP contribution in [0.5, 0.6) is 0 Å². The van der Waals surface area contributed by atoms with E-state index in [2.05, 4.69) is 20.1 Å². The van der Waals surface area contributed by atoms with Crippen LogP contribution in [0.2, 0.25) is 0 Å². The fourth-order valence-electron chi connectivity index (χ4n) is 4.03. The van der Waals surface area contributed by atoms with E-state index in [1.165, 1.54) is 0 Å². The van der Waals surface area contributed by atoms with Gasteiger partial charge in [-0.1, -0.05) is 6.07 Å². The Bertz CT molecular complexity index is 531. The minimum Gasteiger partial charge on any atom is -0.395 e. The number of aromatic nitrogens is 1. The second kappa shape index (κ2) is 9.27. The average molecular weight is 346 g/mol. The van der Waals surface area contributed by atoms with Crippen LogP contribution in [-0.2, 0) is 11.3 Å². The molecule has 2 N–H and O–H groups in total. The fraction of sp³-hybridized carbons (Fsp3) is 0.684. The SMILES string of the molecule is O=C(NCc1ccccn1)[C@H]1CCCN(C2CCN(CCO)CC2)C1. The lowest BCUT2D eigenvalue weighted by molar-refractivity contribution is -0.127. The molecule has 0 bridgehead atoms. The first kappa shape index (κ1) is 18.3. The van der Waals surface area contributed by atoms with Gasteiger partial charge < -0.3 is 15.3 Å². The monoisotopic (exact) mass is 346 g/mol. The molecule has 2 saturated heterocycles. The predicted molar refractivity (Wildman–Crippen MR) is 96.9 cm³/mol. The van der Waals surface area contributed by atoms with Gasteiger partial charge in [-0.25, -0.2) is 0 Å². The first-order valence-electron chi connectivity index (χ1n) is 9.51. The van der Waals surface area contributed by atoms with E-state index in [0.29, 0.717) is 12.6 Å². The van der Waals surface area contributed by atoms with Crippen LogP contribution >= 0.6 is 0 Å². The van der Waals surface area contributed by atoms with E-state index in [1.54, 1.807) is 6.20 Å². The number of likely N-dealkylation sites (tertiary alicyclic amines) is 2. The Kier molecular flexibility index (Phi) is 6.78. The number of carbonyl (C=O) groups excluding carboxylic acids is 1. The standard InChI is InChI=1S/C19H30N4O2/c24-13-12-22-10-6-18(7-11-22)23-9-3-4-16(15-23)19(25)21-14-17-5-1-2-8-20-17/h1-2,5,8,16,18,24H,3-4,6-7,9-15H2,(H,21,25)/t16-/m0/s1. The maximum atomic E-state index is 12.5. The van der Waals surface area contributed by atoms with Crippen LogP contribution in [0.25, 0.3) is 0 Å². The lowest BCUT2D eigenvalue weighted by atomic mass is 9.93. The Balaban J connectivity index is 1.45. The van der Waals surface area contributed by atoms with Gasteiger partial charge in [-0.05, 0) is 57.5 Å². The maximum Gasteiger partial charge on any atom is 0.224 e. The van der Waals surface area contributed by atoms with Crippen LogP contribution in [0.15, 0.2) is 24.4 Å². The summed E-state index contributed by atoms with van der Waals surface area (Å²) in [6.45, 7) is 5.62. The zero-order valence-electron chi connectivity index (χ0n) is 14.9. The molecule has 1 aromatic rings. The Labute approximate surface area is 150 Å². The largest absolute Gasteiger partial charge is 0.395 e. The number of nitrogens with zero attached hydrogens (tertiary/aromatic N) is 3. The number of amides is 1. The molecule has 25 heavy (non-hydrogen) atoms. The van der Waals surface area contributed by atoms with Crippen LogP contribution < -0.4 is 5.32 Å². The van der Waals surface area contributed by atoms with Gasteiger partial charge in [0.1, 0.15) is 0 Å². The van der Waals surface area contributed by atoms with E-state index < -0.39 is 0 Å². The molecule has 0 unspecified atom stereocenters. The van der Waals surface area contributed by atoms with Gasteiger partial charge in [0.05, 0.1) is 24.8 Å². The summed E-state index contributed by atoms with van der Waals surface area (Å²) in [7, 11) is 0. The van der Waals surface area contributed by atoms with Crippen molar-refractivity contribution in [1.82, 2.24) is 20.1 Å². The van der Waals surface area contributed by atoms with Gasteiger partial charge in [-0.2, -0.15) is 0 Å². The summed E-state index contributed by atoms with van der Waals surface area (Å²) < 4.78 is 0. The zero-order valence-corrected chi connectivity index (χ0v) is 14.9. The maximum absolute atomic E-state index is 12.5. The lowest BCUT2D eigenvalue weighted by Gasteiger charge is -2.42. The normalized spacial score (nSPS) is 23.5. The van der Waals surface area contributed by atoms with Crippen molar-refractivity contribution in [1.29, 1.82) is 0 Å². The molecule has 6 nitrogen and oxygen atoms in total. The number of rotatable bonds is 6. The molecular formula is C19H30N4O2. The molecule has 0 radical (unpaired) electrons. The van der Waals surface area contributed by atoms with E-state index >= 15 is 0 Å². The van der Waals surface area contributed by atoms with E-state index in [1.807, 2.05) is 18.2 Å². The van der Waals surface area contributed by atoms with Crippen LogP contribution in [0, 0.1) is 5.92 Å². The molecule has 6 heteroatoms. The molecule has 1 atom stereocenters. The molecule has 2 aliphatic rings. The molecule has 0 aromatic carbocycles. The molecule has 138 valence electrons. The number of carbonyl (C=O) groups is 1. The van der Waals surface area contributed by atoms with Gasteiger partial charge in [0.2, 0.25) is 5.91 Å². The second-order valence-electron chi connectivity index (χ2n) is 7.17. The summed E-state index contributed by atoms with van der Waals surface area (Å²) in [6.07, 6.45) is 6.12. The highest BCUT2D eigenvalue weighted by molar-refractivity contribution is 5.78. The van der Waals surface area contributed by atoms with Gasteiger partial charge in [0.25, 0.3) is 0 Å². The van der Waals surface area contributed by atoms with Crippen LogP contribution in [0.3, 0.4) is 0 Å². The third-order valence-corrected chi connectivity index (χ3v) is 5.48. The van der Waals surface area contributed by atoms with Crippen molar-refractivity contribution in [2.45, 2.75) is 38.3 Å². The Morgan fingerprint density at radius 1 is 1.24 bits per heavy atom. The molecule has 3 rings (SSSR count). The minimum atomic E-state index is 0.0907. The second-order valence-corrected chi connectivity index (χ2v) is 7.17. The number of piperidine rings is 2. The summed E-state index contributed by atoms with van der Waals surface area (Å²) >= 11 is 0. The van der Waals surface area contributed by atoms with Gasteiger partial charge in [-0.3, -0.25) is 14.7 Å². The van der Waals surface area contributed by atoms with Crippen molar-refractivity contribution in [3.05, 3.63) is 30.1 Å². The predicted octanol–water partition coefficient (Wildman–Crippen LogP) is 0.866. The summed E-state index contributed by atoms with van der Waals surface area (Å²) in [5, 5.41) is 12.1. The number of aliphatic hydroxyl groups excluding tert-OH is 1. The summed E-state index contributed by atoms with van der Waals surface area (Å²) in [6, 6.07) is 6.35. The quantitative estimate of drug-likeness (QED) is 0.800. The first-order valence-corrected chi connectivity index (χ1v) is 9.51. The van der Waals surface area contributed by atoms with Crippen LogP contribution in [-0.4, -0.2) is 71.2 Å². The molecule has 0 aliphatic carbocycles. The first-order chi connectivity index (χ1) is 12.3. The van der Waals surface area contributed by atoms with E-state index in [9.17, 15) is 4.79 Å². The highest BCUT2D eigenvalue weighted by Gasteiger charge is 2.31. The van der Waals surface area contributed by atoms with Crippen molar-refractivity contribution < 1.29 is 9.90 Å². The summed E-state index contributed by atoms with van der Waals surface area (Å²) in [5.74, 6) is 0.251. The number of hydrogen-bond donors (Lipinski definition) is 2. The highest BCUT2D eigenvalue weighted by atomic mass is 16.3. The van der Waals surface area contributed by atoms with Crippen molar-refractivity contribution in [2.24, 2.45) is 5.92 Å². The Morgan fingerprint density at radius 3 is 2.80 bits per heavy atom. The van der Waals surface area contributed by atoms with Crippen molar-refractivity contribution in [2.75, 3.05) is 39.3 Å². The zero-order chi connectivity index (χ0) is 17.5. The van der Waals surface area contributed by atoms with E-state index in [4.69, 9.17) is 5.11 Å². The van der Waals surface area contributed by atoms with Crippen molar-refractivity contribution in [3.8, 4) is 0 Å². The number of nitrogens with one attached hydrogen (secondary N) is 1. The fourth-order valence-corrected chi connectivity index (χ4v) is 4.03. The molecular weight excluding hydrogens is 316 g/mol. The van der Waals surface area contributed by atoms with Crippen LogP contribution in [0.4, 0.5) is 0 Å². The number of hydrogen-bond acceptors (Lipinski definition) is 5. The van der Waals surface area contributed by atoms with E-state index in [0.717, 1.165) is 64.1 Å². The lowest BCUT2D eigenvalue weighted by Crippen LogP contribution is -2.51. The third-order valence-electron chi connectivity index (χ3n) is 5.48. The third kappa shape index (κ3) is 5.23. The number of pyridine rings is 1. The topological polar surface area (TPSA) is 68.7 Å². The van der Waals surface area contributed by atoms with Crippen LogP contribution in [0.1, 0.15) is 31.4 Å². The molecule has 2 fully saturated rings. The van der Waals surface area contributed by atoms with Crippen molar-refractivity contribution >= 4 is 5.91 Å². The molecule has 0 saturated carbocycles. The number of aliphatic hydroxyl groups is 1. The summed E-state index contributed by atoms with van der Waals surface area (Å²) in [4.78, 5) is 21.6. The minimum absolute atomic E-state index is 0.0907. The van der Waals surface area contributed by atoms with E-state index in [-0.39, 0.29) is 18.4 Å². The van der Waals surface area contributed by atoms with Gasteiger partial charge in [0, 0.05) is 25.3 Å². The molecule has 0 spiro atoms.